The highest BCUT2D eigenvalue weighted by Gasteiger charge is 2.17. The Balaban J connectivity index is 2.15. The summed E-state index contributed by atoms with van der Waals surface area (Å²) in [5.41, 5.74) is 1.81. The van der Waals surface area contributed by atoms with Crippen LogP contribution in [0.5, 0.6) is 17.2 Å². The molecule has 6 nitrogen and oxygen atoms in total. The largest absolute Gasteiger partial charge is 0.504 e. The van der Waals surface area contributed by atoms with E-state index < -0.39 is 5.63 Å². The van der Waals surface area contributed by atoms with Gasteiger partial charge in [0.15, 0.2) is 17.1 Å². The van der Waals surface area contributed by atoms with Crippen LogP contribution in [0.3, 0.4) is 0 Å². The van der Waals surface area contributed by atoms with Gasteiger partial charge in [0, 0.05) is 13.0 Å². The van der Waals surface area contributed by atoms with E-state index in [0.717, 1.165) is 18.4 Å². The highest BCUT2D eigenvalue weighted by molar-refractivity contribution is 5.89. The van der Waals surface area contributed by atoms with E-state index in [9.17, 15) is 9.90 Å². The van der Waals surface area contributed by atoms with Crippen LogP contribution in [0, 0.1) is 0 Å². The predicted molar refractivity (Wildman–Crippen MR) is 109 cm³/mol. The summed E-state index contributed by atoms with van der Waals surface area (Å²) in [6, 6.07) is 4.95. The van der Waals surface area contributed by atoms with Crippen molar-refractivity contribution in [2.24, 2.45) is 0 Å². The fraction of sp³-hybridized carbons (Fsp3) is 0.409. The average molecular weight is 388 g/mol. The molecule has 0 saturated heterocycles. The maximum Gasteiger partial charge on any atom is 0.383 e. The molecule has 0 atom stereocenters. The van der Waals surface area contributed by atoms with Gasteiger partial charge < -0.3 is 24.1 Å². The van der Waals surface area contributed by atoms with Crippen molar-refractivity contribution in [1.29, 1.82) is 0 Å². The molecule has 2 rings (SSSR count). The van der Waals surface area contributed by atoms with Crippen LogP contribution < -0.4 is 15.1 Å². The van der Waals surface area contributed by atoms with Crippen molar-refractivity contribution < 1.29 is 24.1 Å². The van der Waals surface area contributed by atoms with Gasteiger partial charge in [-0.25, -0.2) is 4.79 Å². The van der Waals surface area contributed by atoms with Crippen molar-refractivity contribution in [3.05, 3.63) is 51.9 Å². The molecule has 0 unspecified atom stereocenters. The van der Waals surface area contributed by atoms with Crippen molar-refractivity contribution in [2.75, 3.05) is 19.8 Å². The number of allylic oxidation sites excluding steroid dienone is 3. The number of aromatic hydroxyl groups is 1. The molecule has 1 aromatic carbocycles. The highest BCUT2D eigenvalue weighted by Crippen LogP contribution is 2.35. The number of para-hydroxylation sites is 1. The number of benzene rings is 1. The third-order valence-electron chi connectivity index (χ3n) is 4.14. The van der Waals surface area contributed by atoms with E-state index >= 15 is 0 Å². The molecule has 6 heteroatoms. The molecule has 0 saturated carbocycles. The first-order valence-electron chi connectivity index (χ1n) is 9.38. The van der Waals surface area contributed by atoms with E-state index in [0.29, 0.717) is 17.6 Å². The summed E-state index contributed by atoms with van der Waals surface area (Å²) in [4.78, 5) is 12.3. The molecule has 0 spiro atoms. The molecule has 2 aromatic rings. The molecule has 28 heavy (non-hydrogen) atoms. The molecule has 152 valence electrons. The normalized spacial score (nSPS) is 11.5. The zero-order chi connectivity index (χ0) is 20.5. The van der Waals surface area contributed by atoms with Gasteiger partial charge in [-0.3, -0.25) is 0 Å². The number of aliphatic hydroxyl groups excluding tert-OH is 1. The number of ether oxygens (including phenoxy) is 2. The Morgan fingerprint density at radius 2 is 1.96 bits per heavy atom. The van der Waals surface area contributed by atoms with Gasteiger partial charge in [-0.05, 0) is 51.8 Å². The molecule has 0 aliphatic carbocycles. The molecule has 0 aliphatic heterocycles. The first-order valence-corrected chi connectivity index (χ1v) is 9.38. The van der Waals surface area contributed by atoms with Gasteiger partial charge in [0.05, 0.1) is 12.0 Å². The first kappa shape index (κ1) is 21.6. The second-order valence-corrected chi connectivity index (χ2v) is 6.81. The topological polar surface area (TPSA) is 89.1 Å². The molecule has 0 amide bonds. The number of rotatable bonds is 10. The minimum atomic E-state index is -0.765. The van der Waals surface area contributed by atoms with Gasteiger partial charge >= 0.3 is 5.63 Å². The number of fused-ring (bicyclic) bond motifs is 1. The zero-order valence-corrected chi connectivity index (χ0v) is 16.7. The quantitative estimate of drug-likeness (QED) is 0.358. The molecule has 0 aliphatic rings. The van der Waals surface area contributed by atoms with E-state index in [2.05, 4.69) is 19.9 Å². The van der Waals surface area contributed by atoms with E-state index in [1.807, 2.05) is 13.0 Å². The molecule has 0 fully saturated rings. The third-order valence-corrected chi connectivity index (χ3v) is 4.14. The first-order chi connectivity index (χ1) is 13.4. The summed E-state index contributed by atoms with van der Waals surface area (Å²) in [7, 11) is 0. The molecule has 0 bridgehead atoms. The second kappa shape index (κ2) is 10.6. The Bertz CT molecular complexity index is 903. The highest BCUT2D eigenvalue weighted by atomic mass is 16.5. The summed E-state index contributed by atoms with van der Waals surface area (Å²) < 4.78 is 16.3. The Kier molecular flexibility index (Phi) is 8.14. The van der Waals surface area contributed by atoms with Crippen molar-refractivity contribution >= 4 is 11.0 Å². The Morgan fingerprint density at radius 1 is 1.18 bits per heavy atom. The van der Waals surface area contributed by atoms with Crippen molar-refractivity contribution in [1.82, 2.24) is 0 Å². The molecule has 1 heterocycles. The SMILES string of the molecule is CC(C)=CCCC(C)=CCOc1c(O)c2cccc(OCCCO)c2oc1=O. The number of hydrogen-bond acceptors (Lipinski definition) is 6. The van der Waals surface area contributed by atoms with Crippen LogP contribution in [0.1, 0.15) is 40.0 Å². The van der Waals surface area contributed by atoms with E-state index in [1.54, 1.807) is 18.2 Å². The molecular weight excluding hydrogens is 360 g/mol. The molecular formula is C22H28O6. The van der Waals surface area contributed by atoms with Crippen molar-refractivity contribution in [2.45, 2.75) is 40.0 Å². The minimum Gasteiger partial charge on any atom is -0.504 e. The maximum absolute atomic E-state index is 12.3. The zero-order valence-electron chi connectivity index (χ0n) is 16.7. The van der Waals surface area contributed by atoms with Gasteiger partial charge in [-0.1, -0.05) is 23.3 Å². The Hall–Kier alpha value is -2.73. The Labute approximate surface area is 164 Å². The maximum atomic E-state index is 12.3. The monoisotopic (exact) mass is 388 g/mol. The molecule has 0 radical (unpaired) electrons. The van der Waals surface area contributed by atoms with E-state index in [4.69, 9.17) is 19.0 Å². The lowest BCUT2D eigenvalue weighted by Gasteiger charge is -2.11. The van der Waals surface area contributed by atoms with Gasteiger partial charge in [0.2, 0.25) is 5.75 Å². The lowest BCUT2D eigenvalue weighted by molar-refractivity contribution is 0.233. The van der Waals surface area contributed by atoms with Gasteiger partial charge in [0.1, 0.15) is 6.61 Å². The Morgan fingerprint density at radius 3 is 2.68 bits per heavy atom. The minimum absolute atomic E-state index is 0.000768. The van der Waals surface area contributed by atoms with Gasteiger partial charge in [-0.15, -0.1) is 0 Å². The lowest BCUT2D eigenvalue weighted by Crippen LogP contribution is -2.08. The van der Waals surface area contributed by atoms with Crippen LogP contribution >= 0.6 is 0 Å². The molecule has 1 aromatic heterocycles. The van der Waals surface area contributed by atoms with Crippen molar-refractivity contribution in [3.8, 4) is 17.2 Å². The van der Waals surface area contributed by atoms with Crippen LogP contribution in [-0.4, -0.2) is 30.0 Å². The van der Waals surface area contributed by atoms with Crippen LogP contribution in [0.25, 0.3) is 11.0 Å². The van der Waals surface area contributed by atoms with Crippen LogP contribution in [0.2, 0.25) is 0 Å². The summed E-state index contributed by atoms with van der Waals surface area (Å²) >= 11 is 0. The lowest BCUT2D eigenvalue weighted by atomic mass is 10.1. The fourth-order valence-electron chi connectivity index (χ4n) is 2.61. The molecule has 2 N–H and O–H groups in total. The summed E-state index contributed by atoms with van der Waals surface area (Å²) in [5.74, 6) is -0.150. The smallest absolute Gasteiger partial charge is 0.383 e. The third kappa shape index (κ3) is 5.89. The van der Waals surface area contributed by atoms with Crippen LogP contribution in [0.4, 0.5) is 0 Å². The summed E-state index contributed by atoms with van der Waals surface area (Å²) in [6.45, 7) is 6.56. The number of hydrogen-bond donors (Lipinski definition) is 2. The van der Waals surface area contributed by atoms with Gasteiger partial charge in [0.25, 0.3) is 0 Å². The van der Waals surface area contributed by atoms with Crippen molar-refractivity contribution in [3.63, 3.8) is 0 Å². The van der Waals surface area contributed by atoms with Crippen LogP contribution in [0.15, 0.2) is 50.7 Å². The second-order valence-electron chi connectivity index (χ2n) is 6.81. The van der Waals surface area contributed by atoms with E-state index in [-0.39, 0.29) is 36.9 Å². The standard InChI is InChI=1S/C22H28O6/c1-15(2)7-4-8-16(3)11-14-27-21-19(24)17-9-5-10-18(26-13-6-12-23)20(17)28-22(21)25/h5,7,9-11,23-24H,4,6,8,12-14H2,1-3H3. The van der Waals surface area contributed by atoms with E-state index in [1.165, 1.54) is 5.57 Å². The average Bonchev–Trinajstić information content (AvgIpc) is 2.65. The van der Waals surface area contributed by atoms with Gasteiger partial charge in [-0.2, -0.15) is 0 Å². The predicted octanol–water partition coefficient (Wildman–Crippen LogP) is 4.33. The summed E-state index contributed by atoms with van der Waals surface area (Å²) in [6.07, 6.45) is 6.36. The van der Waals surface area contributed by atoms with Crippen LogP contribution in [-0.2, 0) is 0 Å². The number of aliphatic hydroxyl groups is 1. The fourth-order valence-corrected chi connectivity index (χ4v) is 2.61. The summed E-state index contributed by atoms with van der Waals surface area (Å²) in [5, 5.41) is 19.7.